The van der Waals surface area contributed by atoms with Crippen molar-refractivity contribution in [3.63, 3.8) is 0 Å². The van der Waals surface area contributed by atoms with Gasteiger partial charge in [-0.3, -0.25) is 9.59 Å². The van der Waals surface area contributed by atoms with Gasteiger partial charge in [0.15, 0.2) is 6.61 Å². The van der Waals surface area contributed by atoms with Crippen LogP contribution in [0.25, 0.3) is 0 Å². The molecule has 4 fully saturated rings. The van der Waals surface area contributed by atoms with Gasteiger partial charge in [-0.05, 0) is 55.9 Å². The van der Waals surface area contributed by atoms with Gasteiger partial charge in [-0.2, -0.15) is 0 Å². The molecule has 2 unspecified atom stereocenters. The van der Waals surface area contributed by atoms with Crippen molar-refractivity contribution in [3.8, 4) is 0 Å². The number of ether oxygens (including phenoxy) is 1. The smallest absolute Gasteiger partial charge is 0.312 e. The van der Waals surface area contributed by atoms with E-state index in [1.54, 1.807) is 11.9 Å². The number of likely N-dealkylation sites (N-methyl/N-ethyl adjacent to an activating group) is 1. The van der Waals surface area contributed by atoms with Gasteiger partial charge < -0.3 is 9.64 Å². The second kappa shape index (κ2) is 6.66. The van der Waals surface area contributed by atoms with Crippen molar-refractivity contribution in [1.29, 1.82) is 0 Å². The van der Waals surface area contributed by atoms with E-state index < -0.39 is 0 Å². The summed E-state index contributed by atoms with van der Waals surface area (Å²) in [5, 5.41) is 0. The molecule has 5 heteroatoms. The number of carbonyl (C=O) groups excluding carboxylic acids is 2. The van der Waals surface area contributed by atoms with Crippen molar-refractivity contribution in [2.45, 2.75) is 49.4 Å². The van der Waals surface area contributed by atoms with Crippen LogP contribution in [-0.2, 0) is 20.9 Å². The lowest BCUT2D eigenvalue weighted by Gasteiger charge is -2.58. The number of amides is 1. The highest BCUT2D eigenvalue weighted by molar-refractivity contribution is 9.10. The predicted molar refractivity (Wildman–Crippen MR) is 103 cm³/mol. The minimum atomic E-state index is -0.369. The van der Waals surface area contributed by atoms with Crippen molar-refractivity contribution >= 4 is 27.8 Å². The van der Waals surface area contributed by atoms with Crippen LogP contribution in [0.3, 0.4) is 0 Å². The second-order valence-corrected chi connectivity index (χ2v) is 10.4. The van der Waals surface area contributed by atoms with Crippen LogP contribution in [0.2, 0.25) is 0 Å². The number of esters is 1. The Morgan fingerprint density at radius 1 is 1.15 bits per heavy atom. The maximum atomic E-state index is 12.9. The van der Waals surface area contributed by atoms with E-state index in [-0.39, 0.29) is 28.2 Å². The van der Waals surface area contributed by atoms with Gasteiger partial charge >= 0.3 is 5.97 Å². The van der Waals surface area contributed by atoms with Crippen LogP contribution in [-0.4, -0.2) is 34.8 Å². The third kappa shape index (κ3) is 3.42. The number of alkyl halides is 1. The highest BCUT2D eigenvalue weighted by Crippen LogP contribution is 2.64. The van der Waals surface area contributed by atoms with Crippen LogP contribution in [0.1, 0.15) is 44.1 Å². The summed E-state index contributed by atoms with van der Waals surface area (Å²) in [6.45, 7) is 0.367. The summed E-state index contributed by atoms with van der Waals surface area (Å²) in [6.07, 6.45) is 6.34. The van der Waals surface area contributed by atoms with Crippen molar-refractivity contribution in [3.05, 3.63) is 35.9 Å². The average molecular weight is 420 g/mol. The van der Waals surface area contributed by atoms with Crippen LogP contribution >= 0.6 is 15.9 Å². The zero-order valence-electron chi connectivity index (χ0n) is 15.2. The molecule has 4 saturated carbocycles. The van der Waals surface area contributed by atoms with Crippen LogP contribution in [0.4, 0.5) is 0 Å². The number of carbonyl (C=O) groups is 2. The summed E-state index contributed by atoms with van der Waals surface area (Å²) in [5.74, 6) is 0.941. The Labute approximate surface area is 163 Å². The minimum Gasteiger partial charge on any atom is -0.455 e. The highest BCUT2D eigenvalue weighted by Gasteiger charge is 2.60. The van der Waals surface area contributed by atoms with Gasteiger partial charge in [-0.25, -0.2) is 0 Å². The molecule has 0 aromatic heterocycles. The van der Waals surface area contributed by atoms with Crippen molar-refractivity contribution in [2.24, 2.45) is 17.3 Å². The fraction of sp³-hybridized carbons (Fsp3) is 0.619. The van der Waals surface area contributed by atoms with E-state index in [9.17, 15) is 9.59 Å². The summed E-state index contributed by atoms with van der Waals surface area (Å²) >= 11 is 3.92. The van der Waals surface area contributed by atoms with Gasteiger partial charge in [0.2, 0.25) is 0 Å². The Kier molecular flexibility index (Phi) is 4.62. The van der Waals surface area contributed by atoms with E-state index in [2.05, 4.69) is 15.9 Å². The molecule has 4 aliphatic rings. The molecule has 4 nitrogen and oxygen atoms in total. The molecule has 5 rings (SSSR count). The van der Waals surface area contributed by atoms with Gasteiger partial charge in [-0.15, -0.1) is 0 Å². The molecule has 1 amide bonds. The third-order valence-corrected chi connectivity index (χ3v) is 7.37. The van der Waals surface area contributed by atoms with Crippen LogP contribution in [0.5, 0.6) is 0 Å². The van der Waals surface area contributed by atoms with Crippen LogP contribution in [0.15, 0.2) is 30.3 Å². The number of hydrogen-bond acceptors (Lipinski definition) is 3. The highest BCUT2D eigenvalue weighted by atomic mass is 79.9. The first-order valence-corrected chi connectivity index (χ1v) is 10.3. The van der Waals surface area contributed by atoms with Crippen LogP contribution < -0.4 is 0 Å². The Bertz CT molecular complexity index is 690. The number of rotatable bonds is 5. The van der Waals surface area contributed by atoms with Gasteiger partial charge in [0, 0.05) is 17.9 Å². The molecule has 0 spiro atoms. The number of hydrogen-bond donors (Lipinski definition) is 0. The van der Waals surface area contributed by atoms with E-state index in [4.69, 9.17) is 4.74 Å². The summed E-state index contributed by atoms with van der Waals surface area (Å²) in [7, 11) is 1.75. The molecular formula is C21H26BrNO3. The monoisotopic (exact) mass is 419 g/mol. The molecule has 1 aromatic carbocycles. The molecule has 4 aliphatic carbocycles. The Morgan fingerprint density at radius 3 is 2.42 bits per heavy atom. The van der Waals surface area contributed by atoms with Gasteiger partial charge in [0.05, 0.1) is 5.41 Å². The number of benzene rings is 1. The molecular weight excluding hydrogens is 394 g/mol. The Hall–Kier alpha value is -1.36. The van der Waals surface area contributed by atoms with Crippen molar-refractivity contribution < 1.29 is 14.3 Å². The third-order valence-electron chi connectivity index (χ3n) is 6.44. The topological polar surface area (TPSA) is 46.6 Å². The predicted octanol–water partition coefficient (Wildman–Crippen LogP) is 3.92. The minimum absolute atomic E-state index is 0.115. The summed E-state index contributed by atoms with van der Waals surface area (Å²) in [5.41, 5.74) is 0.697. The van der Waals surface area contributed by atoms with Crippen LogP contribution in [0, 0.1) is 17.3 Å². The lowest BCUT2D eigenvalue weighted by atomic mass is 9.49. The Balaban J connectivity index is 1.34. The molecule has 0 heterocycles. The molecule has 4 bridgehead atoms. The maximum absolute atomic E-state index is 12.9. The van der Waals surface area contributed by atoms with E-state index in [0.29, 0.717) is 18.4 Å². The molecule has 0 aliphatic heterocycles. The first kappa shape index (κ1) is 18.0. The zero-order valence-corrected chi connectivity index (χ0v) is 16.8. The van der Waals surface area contributed by atoms with E-state index in [1.807, 2.05) is 30.3 Å². The molecule has 0 N–H and O–H groups in total. The average Bonchev–Trinajstić information content (AvgIpc) is 2.58. The fourth-order valence-electron chi connectivity index (χ4n) is 5.73. The standard InChI is InChI=1S/C21H26BrNO3/c1-23(12-15-5-3-2-4-6-15)18(24)13-26-19(25)20-8-16-7-17(9-20)11-21(22,10-16)14-20/h2-6,16-17H,7-14H2,1H3/t16-,17+,20?,21?. The molecule has 1 aromatic rings. The summed E-state index contributed by atoms with van der Waals surface area (Å²) in [6, 6.07) is 9.84. The quantitative estimate of drug-likeness (QED) is 0.536. The first-order chi connectivity index (χ1) is 12.4. The maximum Gasteiger partial charge on any atom is 0.312 e. The number of nitrogens with zero attached hydrogens (tertiary/aromatic N) is 1. The second-order valence-electron chi connectivity index (χ2n) is 8.70. The molecule has 26 heavy (non-hydrogen) atoms. The van der Waals surface area contributed by atoms with Crippen molar-refractivity contribution in [2.75, 3.05) is 13.7 Å². The molecule has 4 atom stereocenters. The first-order valence-electron chi connectivity index (χ1n) is 9.52. The zero-order chi connectivity index (χ0) is 18.4. The lowest BCUT2D eigenvalue weighted by Crippen LogP contribution is -2.56. The van der Waals surface area contributed by atoms with E-state index in [1.165, 1.54) is 19.3 Å². The van der Waals surface area contributed by atoms with E-state index in [0.717, 1.165) is 24.8 Å². The normalized spacial score (nSPS) is 34.5. The Morgan fingerprint density at radius 2 is 1.81 bits per heavy atom. The largest absolute Gasteiger partial charge is 0.455 e. The SMILES string of the molecule is CN(Cc1ccccc1)C(=O)COC(=O)C12C[C@@H]3C[C@@H](CC(Br)(C3)C1)C2. The van der Waals surface area contributed by atoms with Crippen molar-refractivity contribution in [1.82, 2.24) is 4.90 Å². The molecule has 0 saturated heterocycles. The molecule has 140 valence electrons. The summed E-state index contributed by atoms with van der Waals surface area (Å²) in [4.78, 5) is 26.9. The summed E-state index contributed by atoms with van der Waals surface area (Å²) < 4.78 is 5.66. The number of halogens is 1. The molecule has 0 radical (unpaired) electrons. The fourth-order valence-corrected chi connectivity index (χ4v) is 7.18. The lowest BCUT2D eigenvalue weighted by molar-refractivity contribution is -0.172. The van der Waals surface area contributed by atoms with Gasteiger partial charge in [0.1, 0.15) is 0 Å². The van der Waals surface area contributed by atoms with Gasteiger partial charge in [0.25, 0.3) is 5.91 Å². The van der Waals surface area contributed by atoms with E-state index >= 15 is 0 Å². The van der Waals surface area contributed by atoms with Gasteiger partial charge in [-0.1, -0.05) is 46.3 Å².